The van der Waals surface area contributed by atoms with Crippen LogP contribution in [-0.2, 0) is 7.05 Å². The highest BCUT2D eigenvalue weighted by molar-refractivity contribution is 5.93. The number of nitrogens with two attached hydrogens (primary N) is 1. The Morgan fingerprint density at radius 2 is 2.10 bits per heavy atom. The van der Waals surface area contributed by atoms with Crippen LogP contribution in [0.1, 0.15) is 29.8 Å². The van der Waals surface area contributed by atoms with Crippen molar-refractivity contribution < 1.29 is 9.72 Å². The minimum Gasteiger partial charge on any atom is -0.358 e. The van der Waals surface area contributed by atoms with Crippen molar-refractivity contribution in [2.24, 2.45) is 18.7 Å². The van der Waals surface area contributed by atoms with Crippen LogP contribution in [0.3, 0.4) is 0 Å². The lowest BCUT2D eigenvalue weighted by Gasteiger charge is -2.31. The second kappa shape index (κ2) is 6.04. The van der Waals surface area contributed by atoms with E-state index in [0.717, 1.165) is 19.3 Å². The van der Waals surface area contributed by atoms with Gasteiger partial charge in [-0.05, 0) is 42.7 Å². The van der Waals surface area contributed by atoms with Crippen molar-refractivity contribution in [3.05, 3.63) is 27.9 Å². The first kappa shape index (κ1) is 14.5. The summed E-state index contributed by atoms with van der Waals surface area (Å²) in [5.41, 5.74) is 5.92. The average molecular weight is 280 g/mol. The Morgan fingerprint density at radius 1 is 1.45 bits per heavy atom. The summed E-state index contributed by atoms with van der Waals surface area (Å²) in [6.45, 7) is 2.08. The predicted molar refractivity (Wildman–Crippen MR) is 74.4 cm³/mol. The molecule has 2 heterocycles. The number of rotatable bonds is 4. The summed E-state index contributed by atoms with van der Waals surface area (Å²) in [5.74, 6) is 0.393. The number of hydrogen-bond donors (Lipinski definition) is 1. The molecule has 1 saturated heterocycles. The molecule has 0 unspecified atom stereocenters. The van der Waals surface area contributed by atoms with Crippen LogP contribution < -0.4 is 5.73 Å². The Labute approximate surface area is 117 Å². The molecule has 7 nitrogen and oxygen atoms in total. The van der Waals surface area contributed by atoms with Crippen LogP contribution in [0.2, 0.25) is 0 Å². The van der Waals surface area contributed by atoms with Gasteiger partial charge in [-0.2, -0.15) is 0 Å². The van der Waals surface area contributed by atoms with Crippen LogP contribution in [0.5, 0.6) is 0 Å². The van der Waals surface area contributed by atoms with E-state index in [1.165, 1.54) is 16.7 Å². The third-order valence-electron chi connectivity index (χ3n) is 3.98. The molecule has 20 heavy (non-hydrogen) atoms. The molecule has 1 aliphatic heterocycles. The molecule has 7 heteroatoms. The van der Waals surface area contributed by atoms with E-state index in [2.05, 4.69) is 0 Å². The van der Waals surface area contributed by atoms with Gasteiger partial charge >= 0.3 is 5.82 Å². The van der Waals surface area contributed by atoms with Crippen molar-refractivity contribution >= 4 is 11.7 Å². The number of aromatic nitrogens is 1. The number of likely N-dealkylation sites (tertiary alicyclic amines) is 1. The lowest BCUT2D eigenvalue weighted by atomic mass is 9.93. The number of carbonyl (C=O) groups excluding carboxylic acids is 1. The Bertz CT molecular complexity index is 504. The fourth-order valence-corrected chi connectivity index (χ4v) is 2.72. The molecular weight excluding hydrogens is 260 g/mol. The molecule has 0 saturated carbocycles. The molecule has 0 spiro atoms. The first-order chi connectivity index (χ1) is 9.54. The Hall–Kier alpha value is -1.89. The summed E-state index contributed by atoms with van der Waals surface area (Å²) in [4.78, 5) is 24.5. The number of hydrogen-bond acceptors (Lipinski definition) is 4. The Morgan fingerprint density at radius 3 is 2.60 bits per heavy atom. The topological polar surface area (TPSA) is 94.4 Å². The number of nitro groups is 1. The molecule has 2 N–H and O–H groups in total. The molecule has 0 aromatic carbocycles. The summed E-state index contributed by atoms with van der Waals surface area (Å²) in [7, 11) is 1.55. The number of piperidine rings is 1. The van der Waals surface area contributed by atoms with Gasteiger partial charge in [0.25, 0.3) is 5.91 Å². The zero-order valence-corrected chi connectivity index (χ0v) is 11.6. The monoisotopic (exact) mass is 280 g/mol. The molecule has 0 atom stereocenters. The van der Waals surface area contributed by atoms with Crippen molar-refractivity contribution in [2.45, 2.75) is 19.3 Å². The second-order valence-corrected chi connectivity index (χ2v) is 5.21. The van der Waals surface area contributed by atoms with E-state index in [-0.39, 0.29) is 11.7 Å². The molecule has 1 amide bonds. The first-order valence-corrected chi connectivity index (χ1v) is 6.84. The highest BCUT2D eigenvalue weighted by Gasteiger charge is 2.28. The van der Waals surface area contributed by atoms with Crippen molar-refractivity contribution in [3.8, 4) is 0 Å². The Kier molecular flexibility index (Phi) is 4.39. The summed E-state index contributed by atoms with van der Waals surface area (Å²) >= 11 is 0. The quantitative estimate of drug-likeness (QED) is 0.660. The number of amides is 1. The van der Waals surface area contributed by atoms with Crippen LogP contribution >= 0.6 is 0 Å². The van der Waals surface area contributed by atoms with Crippen molar-refractivity contribution in [3.63, 3.8) is 0 Å². The molecule has 110 valence electrons. The van der Waals surface area contributed by atoms with E-state index in [0.29, 0.717) is 31.2 Å². The SMILES string of the molecule is Cn1c(C(=O)N2CCC(CCN)CC2)ccc1[N+](=O)[O-]. The van der Waals surface area contributed by atoms with E-state index in [1.54, 1.807) is 11.9 Å². The third-order valence-corrected chi connectivity index (χ3v) is 3.98. The maximum Gasteiger partial charge on any atom is 0.323 e. The van der Waals surface area contributed by atoms with E-state index in [1.807, 2.05) is 0 Å². The first-order valence-electron chi connectivity index (χ1n) is 6.84. The fourth-order valence-electron chi connectivity index (χ4n) is 2.72. The molecule has 0 radical (unpaired) electrons. The zero-order chi connectivity index (χ0) is 14.7. The van der Waals surface area contributed by atoms with Gasteiger partial charge in [-0.3, -0.25) is 4.79 Å². The smallest absolute Gasteiger partial charge is 0.323 e. The van der Waals surface area contributed by atoms with Gasteiger partial charge in [-0.25, -0.2) is 4.57 Å². The van der Waals surface area contributed by atoms with Crippen LogP contribution in [-0.4, -0.2) is 39.9 Å². The molecule has 2 rings (SSSR count). The van der Waals surface area contributed by atoms with Crippen molar-refractivity contribution in [2.75, 3.05) is 19.6 Å². The van der Waals surface area contributed by atoms with Crippen LogP contribution in [0.4, 0.5) is 5.82 Å². The van der Waals surface area contributed by atoms with E-state index >= 15 is 0 Å². The van der Waals surface area contributed by atoms with Gasteiger partial charge < -0.3 is 20.7 Å². The summed E-state index contributed by atoms with van der Waals surface area (Å²) in [5, 5.41) is 10.8. The van der Waals surface area contributed by atoms with Crippen LogP contribution in [0, 0.1) is 16.0 Å². The highest BCUT2D eigenvalue weighted by Crippen LogP contribution is 2.23. The average Bonchev–Trinajstić information content (AvgIpc) is 2.81. The largest absolute Gasteiger partial charge is 0.358 e. The van der Waals surface area contributed by atoms with Gasteiger partial charge in [-0.15, -0.1) is 0 Å². The van der Waals surface area contributed by atoms with Gasteiger partial charge in [0.05, 0.1) is 7.05 Å². The second-order valence-electron chi connectivity index (χ2n) is 5.21. The van der Waals surface area contributed by atoms with Crippen LogP contribution in [0.25, 0.3) is 0 Å². The van der Waals surface area contributed by atoms with E-state index in [9.17, 15) is 14.9 Å². The molecule has 1 aliphatic rings. The van der Waals surface area contributed by atoms with Crippen molar-refractivity contribution in [1.29, 1.82) is 0 Å². The normalized spacial score (nSPS) is 16.4. The Balaban J connectivity index is 2.04. The van der Waals surface area contributed by atoms with Gasteiger partial charge in [0.2, 0.25) is 0 Å². The summed E-state index contributed by atoms with van der Waals surface area (Å²) in [6.07, 6.45) is 2.91. The van der Waals surface area contributed by atoms with Crippen molar-refractivity contribution in [1.82, 2.24) is 9.47 Å². The number of carbonyl (C=O) groups is 1. The molecule has 1 aromatic rings. The third kappa shape index (κ3) is 2.82. The summed E-state index contributed by atoms with van der Waals surface area (Å²) < 4.78 is 1.34. The fraction of sp³-hybridized carbons (Fsp3) is 0.615. The lowest BCUT2D eigenvalue weighted by Crippen LogP contribution is -2.39. The number of nitrogens with zero attached hydrogens (tertiary/aromatic N) is 3. The van der Waals surface area contributed by atoms with Crippen LogP contribution in [0.15, 0.2) is 12.1 Å². The van der Waals surface area contributed by atoms with Gasteiger partial charge in [0.15, 0.2) is 5.69 Å². The minimum absolute atomic E-state index is 0.0635. The van der Waals surface area contributed by atoms with E-state index < -0.39 is 4.92 Å². The predicted octanol–water partition coefficient (Wildman–Crippen LogP) is 1.13. The zero-order valence-electron chi connectivity index (χ0n) is 11.6. The molecule has 0 bridgehead atoms. The minimum atomic E-state index is -0.482. The molecular formula is C13H20N4O3. The van der Waals surface area contributed by atoms with Gasteiger partial charge in [-0.1, -0.05) is 0 Å². The van der Waals surface area contributed by atoms with Gasteiger partial charge in [0, 0.05) is 19.2 Å². The molecule has 1 fully saturated rings. The maximum absolute atomic E-state index is 12.4. The lowest BCUT2D eigenvalue weighted by molar-refractivity contribution is -0.391. The molecule has 0 aliphatic carbocycles. The highest BCUT2D eigenvalue weighted by atomic mass is 16.6. The summed E-state index contributed by atoms with van der Waals surface area (Å²) in [6, 6.07) is 2.89. The maximum atomic E-state index is 12.4. The standard InChI is InChI=1S/C13H20N4O3/c1-15-11(2-3-12(15)17(19)20)13(18)16-8-5-10(4-7-14)6-9-16/h2-3,10H,4-9,14H2,1H3. The van der Waals surface area contributed by atoms with E-state index in [4.69, 9.17) is 5.73 Å². The molecule has 1 aromatic heterocycles. The van der Waals surface area contributed by atoms with Gasteiger partial charge in [0.1, 0.15) is 0 Å².